The molecule has 174 valence electrons. The highest BCUT2D eigenvalue weighted by atomic mass is 33.5. The maximum atomic E-state index is 6.02. The lowest BCUT2D eigenvalue weighted by Crippen LogP contribution is -2.46. The SMILES string of the molecule is CCO[Si](CCCc1cc(C)ccc1SSSc1nc2ccccc2s1)(OCC)OCC. The molecule has 0 aliphatic carbocycles. The Labute approximate surface area is 208 Å². The first-order valence-electron chi connectivity index (χ1n) is 11.0. The molecule has 0 unspecified atom stereocenters. The molecule has 0 spiro atoms. The van der Waals surface area contributed by atoms with Crippen molar-refractivity contribution in [3.05, 3.63) is 53.6 Å². The van der Waals surface area contributed by atoms with E-state index in [0.29, 0.717) is 19.8 Å². The highest BCUT2D eigenvalue weighted by molar-refractivity contribution is 9.09. The number of rotatable bonds is 14. The van der Waals surface area contributed by atoms with Crippen molar-refractivity contribution < 1.29 is 13.3 Å². The molecule has 0 saturated heterocycles. The maximum absolute atomic E-state index is 6.02. The monoisotopic (exact) mass is 525 g/mol. The Bertz CT molecular complexity index is 935. The predicted molar refractivity (Wildman–Crippen MR) is 144 cm³/mol. The minimum Gasteiger partial charge on any atom is -0.374 e. The summed E-state index contributed by atoms with van der Waals surface area (Å²) in [6.45, 7) is 10.0. The molecule has 0 atom stereocenters. The van der Waals surface area contributed by atoms with Crippen LogP contribution in [-0.4, -0.2) is 33.6 Å². The van der Waals surface area contributed by atoms with Crippen molar-refractivity contribution in [2.75, 3.05) is 19.8 Å². The van der Waals surface area contributed by atoms with Gasteiger partial charge in [0.2, 0.25) is 0 Å². The Kier molecular flexibility index (Phi) is 10.9. The third kappa shape index (κ3) is 7.49. The standard InChI is InChI=1S/C23H31NO3S4Si/c1-5-25-32(26-6-2,27-7-3)16-10-11-19-17-18(4)14-15-21(19)29-31-30-23-24-20-12-8-9-13-22(20)28-23/h8-9,12-15,17H,5-7,10-11,16H2,1-4H3. The molecular formula is C23H31NO3S4Si. The molecule has 1 aromatic heterocycles. The summed E-state index contributed by atoms with van der Waals surface area (Å²) >= 11 is 1.75. The van der Waals surface area contributed by atoms with Crippen molar-refractivity contribution in [2.45, 2.75) is 55.8 Å². The third-order valence-electron chi connectivity index (χ3n) is 4.74. The number of para-hydroxylation sites is 1. The first kappa shape index (κ1) is 26.1. The third-order valence-corrected chi connectivity index (χ3v) is 13.1. The molecule has 2 aromatic carbocycles. The summed E-state index contributed by atoms with van der Waals surface area (Å²) in [7, 11) is 2.73. The number of nitrogens with zero attached hydrogens (tertiary/aromatic N) is 1. The Morgan fingerprint density at radius 2 is 1.66 bits per heavy atom. The number of hydrogen-bond acceptors (Lipinski definition) is 8. The van der Waals surface area contributed by atoms with E-state index in [1.54, 1.807) is 32.0 Å². The molecule has 0 N–H and O–H groups in total. The molecule has 32 heavy (non-hydrogen) atoms. The van der Waals surface area contributed by atoms with Gasteiger partial charge in [-0.1, -0.05) is 29.8 Å². The van der Waals surface area contributed by atoms with Crippen molar-refractivity contribution in [1.82, 2.24) is 4.98 Å². The summed E-state index contributed by atoms with van der Waals surface area (Å²) in [4.78, 5) is 6.03. The Balaban J connectivity index is 1.60. The van der Waals surface area contributed by atoms with Crippen LogP contribution in [0.25, 0.3) is 10.2 Å². The predicted octanol–water partition coefficient (Wildman–Crippen LogP) is 8.03. The van der Waals surface area contributed by atoms with Crippen molar-refractivity contribution in [3.63, 3.8) is 0 Å². The van der Waals surface area contributed by atoms with Crippen LogP contribution in [0.1, 0.15) is 38.3 Å². The van der Waals surface area contributed by atoms with E-state index >= 15 is 0 Å². The fraction of sp³-hybridized carbons (Fsp3) is 0.435. The zero-order valence-electron chi connectivity index (χ0n) is 19.1. The molecule has 3 aromatic rings. The number of aromatic nitrogens is 1. The van der Waals surface area contributed by atoms with Crippen LogP contribution in [0, 0.1) is 6.92 Å². The molecule has 0 fully saturated rings. The molecule has 9 heteroatoms. The lowest BCUT2D eigenvalue weighted by atomic mass is 10.1. The van der Waals surface area contributed by atoms with Crippen LogP contribution >= 0.6 is 42.8 Å². The van der Waals surface area contributed by atoms with Gasteiger partial charge in [-0.05, 0) is 95.7 Å². The first-order valence-corrected chi connectivity index (χ1v) is 17.2. The molecule has 1 heterocycles. The van der Waals surface area contributed by atoms with E-state index in [9.17, 15) is 0 Å². The Hall–Kier alpha value is -0.523. The lowest BCUT2D eigenvalue weighted by molar-refractivity contribution is 0.0708. The van der Waals surface area contributed by atoms with Crippen LogP contribution in [-0.2, 0) is 19.7 Å². The summed E-state index contributed by atoms with van der Waals surface area (Å²) in [5.74, 6) is 0. The molecular weight excluding hydrogens is 495 g/mol. The smallest absolute Gasteiger partial charge is 0.374 e. The summed E-state index contributed by atoms with van der Waals surface area (Å²) < 4.78 is 20.4. The molecule has 0 aliphatic rings. The molecule has 0 saturated carbocycles. The quantitative estimate of drug-likeness (QED) is 0.156. The average Bonchev–Trinajstić information content (AvgIpc) is 3.19. The van der Waals surface area contributed by atoms with Gasteiger partial charge in [0.25, 0.3) is 0 Å². The van der Waals surface area contributed by atoms with Gasteiger partial charge in [0.1, 0.15) is 0 Å². The van der Waals surface area contributed by atoms with Crippen LogP contribution in [0.5, 0.6) is 0 Å². The number of thiazole rings is 1. The van der Waals surface area contributed by atoms with Crippen molar-refractivity contribution >= 4 is 61.8 Å². The number of hydrogen-bond donors (Lipinski definition) is 0. The second-order valence-electron chi connectivity index (χ2n) is 7.13. The van der Waals surface area contributed by atoms with Crippen LogP contribution in [0.3, 0.4) is 0 Å². The fourth-order valence-electron chi connectivity index (χ4n) is 3.45. The van der Waals surface area contributed by atoms with Gasteiger partial charge in [0, 0.05) is 30.8 Å². The number of aryl methyl sites for hydroxylation is 2. The zero-order chi connectivity index (χ0) is 22.8. The largest absolute Gasteiger partial charge is 0.500 e. The van der Waals surface area contributed by atoms with Crippen LogP contribution in [0.4, 0.5) is 0 Å². The molecule has 0 aliphatic heterocycles. The molecule has 3 rings (SSSR count). The highest BCUT2D eigenvalue weighted by Gasteiger charge is 2.39. The summed E-state index contributed by atoms with van der Waals surface area (Å²) in [6.07, 6.45) is 1.97. The van der Waals surface area contributed by atoms with Crippen molar-refractivity contribution in [2.24, 2.45) is 0 Å². The Morgan fingerprint density at radius 1 is 0.938 bits per heavy atom. The average molecular weight is 526 g/mol. The minimum absolute atomic E-state index is 0.622. The Morgan fingerprint density at radius 3 is 2.34 bits per heavy atom. The van der Waals surface area contributed by atoms with Gasteiger partial charge in [0.15, 0.2) is 4.34 Å². The van der Waals surface area contributed by atoms with Gasteiger partial charge in [-0.2, -0.15) is 0 Å². The summed E-state index contributed by atoms with van der Waals surface area (Å²) in [5, 5.41) is 0. The van der Waals surface area contributed by atoms with Gasteiger partial charge < -0.3 is 13.3 Å². The van der Waals surface area contributed by atoms with Gasteiger partial charge in [-0.3, -0.25) is 0 Å². The number of benzene rings is 2. The van der Waals surface area contributed by atoms with E-state index in [4.69, 9.17) is 18.3 Å². The van der Waals surface area contributed by atoms with Crippen LogP contribution < -0.4 is 0 Å². The van der Waals surface area contributed by atoms with E-state index in [0.717, 1.165) is 28.7 Å². The van der Waals surface area contributed by atoms with Gasteiger partial charge in [0.05, 0.1) is 10.2 Å². The molecule has 0 amide bonds. The zero-order valence-corrected chi connectivity index (χ0v) is 23.4. The van der Waals surface area contributed by atoms with Crippen molar-refractivity contribution in [3.8, 4) is 0 Å². The molecule has 0 radical (unpaired) electrons. The summed E-state index contributed by atoms with van der Waals surface area (Å²) in [5.41, 5.74) is 3.74. The van der Waals surface area contributed by atoms with Gasteiger partial charge in [-0.25, -0.2) is 4.98 Å². The lowest BCUT2D eigenvalue weighted by Gasteiger charge is -2.28. The summed E-state index contributed by atoms with van der Waals surface area (Å²) in [6, 6.07) is 15.9. The highest BCUT2D eigenvalue weighted by Crippen LogP contribution is 2.47. The van der Waals surface area contributed by atoms with E-state index in [-0.39, 0.29) is 0 Å². The van der Waals surface area contributed by atoms with E-state index in [2.05, 4.69) is 43.3 Å². The molecule has 0 bridgehead atoms. The van der Waals surface area contributed by atoms with E-state index in [1.165, 1.54) is 20.7 Å². The molecule has 4 nitrogen and oxygen atoms in total. The second-order valence-corrected chi connectivity index (χ2v) is 15.1. The normalized spacial score (nSPS) is 12.0. The maximum Gasteiger partial charge on any atom is 0.500 e. The fourth-order valence-corrected chi connectivity index (χ4v) is 11.5. The minimum atomic E-state index is -2.59. The van der Waals surface area contributed by atoms with Crippen molar-refractivity contribution in [1.29, 1.82) is 0 Å². The van der Waals surface area contributed by atoms with Gasteiger partial charge >= 0.3 is 8.80 Å². The van der Waals surface area contributed by atoms with Crippen LogP contribution in [0.15, 0.2) is 51.7 Å². The van der Waals surface area contributed by atoms with Gasteiger partial charge in [-0.15, -0.1) is 11.3 Å². The number of fused-ring (bicyclic) bond motifs is 1. The first-order chi connectivity index (χ1) is 15.6. The van der Waals surface area contributed by atoms with E-state index < -0.39 is 8.80 Å². The second kappa shape index (κ2) is 13.4. The van der Waals surface area contributed by atoms with Crippen LogP contribution in [0.2, 0.25) is 6.04 Å². The topological polar surface area (TPSA) is 40.6 Å². The van der Waals surface area contributed by atoms with E-state index in [1.807, 2.05) is 37.6 Å².